The number of aromatic amines is 1. The lowest BCUT2D eigenvalue weighted by Crippen LogP contribution is -2.19. The number of benzene rings is 2. The van der Waals surface area contributed by atoms with Crippen LogP contribution in [0.25, 0.3) is 0 Å². The molecule has 9 heteroatoms. The van der Waals surface area contributed by atoms with Crippen LogP contribution in [0.15, 0.2) is 64.5 Å². The number of nitrogens with one attached hydrogen (secondary N) is 2. The summed E-state index contributed by atoms with van der Waals surface area (Å²) in [4.78, 5) is 38.6. The summed E-state index contributed by atoms with van der Waals surface area (Å²) in [5, 5.41) is 11.0. The molecule has 0 aliphatic heterocycles. The third-order valence-corrected chi connectivity index (χ3v) is 4.84. The molecule has 1 heterocycles. The fourth-order valence-corrected chi connectivity index (χ4v) is 3.15. The molecule has 2 aromatic carbocycles. The van der Waals surface area contributed by atoms with Crippen molar-refractivity contribution in [3.8, 4) is 0 Å². The van der Waals surface area contributed by atoms with Crippen molar-refractivity contribution < 1.29 is 14.3 Å². The number of anilines is 1. The van der Waals surface area contributed by atoms with Gasteiger partial charge in [0.15, 0.2) is 5.16 Å². The second-order valence-corrected chi connectivity index (χ2v) is 7.17. The van der Waals surface area contributed by atoms with Crippen LogP contribution >= 0.6 is 11.8 Å². The zero-order chi connectivity index (χ0) is 21.3. The van der Waals surface area contributed by atoms with Gasteiger partial charge in [-0.3, -0.25) is 14.6 Å². The van der Waals surface area contributed by atoms with E-state index in [1.54, 1.807) is 31.2 Å². The highest BCUT2D eigenvalue weighted by atomic mass is 32.2. The molecule has 0 aliphatic rings. The first-order valence-electron chi connectivity index (χ1n) is 9.25. The monoisotopic (exact) mass is 424 g/mol. The van der Waals surface area contributed by atoms with Gasteiger partial charge in [-0.2, -0.15) is 0 Å². The highest BCUT2D eigenvalue weighted by Gasteiger charge is 2.10. The Kier molecular flexibility index (Phi) is 7.34. The third kappa shape index (κ3) is 6.02. The summed E-state index contributed by atoms with van der Waals surface area (Å²) in [6, 6.07) is 15.9. The largest absolute Gasteiger partial charge is 0.462 e. The molecule has 0 aliphatic carbocycles. The Hall–Kier alpha value is -3.46. The molecule has 154 valence electrons. The zero-order valence-electron chi connectivity index (χ0n) is 16.3. The van der Waals surface area contributed by atoms with Crippen LogP contribution in [0.2, 0.25) is 0 Å². The molecular weight excluding hydrogens is 404 g/mol. The van der Waals surface area contributed by atoms with Crippen LogP contribution in [-0.2, 0) is 16.0 Å². The van der Waals surface area contributed by atoms with E-state index in [-0.39, 0.29) is 22.4 Å². The maximum absolute atomic E-state index is 12.2. The number of rotatable bonds is 8. The summed E-state index contributed by atoms with van der Waals surface area (Å²) in [6.07, 6.45) is 0.385. The van der Waals surface area contributed by atoms with Crippen molar-refractivity contribution in [2.24, 2.45) is 0 Å². The average Bonchev–Trinajstić information content (AvgIpc) is 2.75. The number of hydrogen-bond donors (Lipinski definition) is 2. The van der Waals surface area contributed by atoms with Gasteiger partial charge in [0.05, 0.1) is 17.9 Å². The standard InChI is InChI=1S/C21H20N4O4S/c1-2-29-20(28)15-8-10-16(11-9-15)22-18(26)13-30-21-23-19(27)17(24-25-21)12-14-6-4-3-5-7-14/h3-11H,2,12-13H2,1H3,(H,22,26)(H,23,25,27). The number of ether oxygens (including phenoxy) is 1. The molecule has 3 rings (SSSR count). The van der Waals surface area contributed by atoms with Crippen LogP contribution in [0.3, 0.4) is 0 Å². The van der Waals surface area contributed by atoms with Crippen LogP contribution < -0.4 is 10.9 Å². The fourth-order valence-electron chi connectivity index (χ4n) is 2.55. The van der Waals surface area contributed by atoms with Crippen molar-refractivity contribution >= 4 is 29.3 Å². The minimum atomic E-state index is -0.413. The molecule has 0 atom stereocenters. The molecule has 8 nitrogen and oxygen atoms in total. The normalized spacial score (nSPS) is 10.4. The number of carbonyl (C=O) groups excluding carboxylic acids is 2. The first-order valence-corrected chi connectivity index (χ1v) is 10.2. The quantitative estimate of drug-likeness (QED) is 0.422. The van der Waals surface area contributed by atoms with E-state index in [1.165, 1.54) is 0 Å². The van der Waals surface area contributed by atoms with Gasteiger partial charge in [-0.25, -0.2) is 4.79 Å². The van der Waals surface area contributed by atoms with E-state index in [1.807, 2.05) is 30.3 Å². The van der Waals surface area contributed by atoms with Crippen LogP contribution in [0.5, 0.6) is 0 Å². The van der Waals surface area contributed by atoms with Gasteiger partial charge in [-0.15, -0.1) is 10.2 Å². The molecule has 30 heavy (non-hydrogen) atoms. The van der Waals surface area contributed by atoms with Gasteiger partial charge in [-0.1, -0.05) is 42.1 Å². The summed E-state index contributed by atoms with van der Waals surface area (Å²) < 4.78 is 4.92. The van der Waals surface area contributed by atoms with Crippen LogP contribution in [0.4, 0.5) is 5.69 Å². The summed E-state index contributed by atoms with van der Waals surface area (Å²) >= 11 is 1.08. The molecule has 0 spiro atoms. The number of hydrogen-bond acceptors (Lipinski definition) is 7. The van der Waals surface area contributed by atoms with Crippen molar-refractivity contribution in [1.29, 1.82) is 0 Å². The number of aromatic nitrogens is 3. The van der Waals surface area contributed by atoms with Crippen molar-refractivity contribution in [3.05, 3.63) is 81.8 Å². The van der Waals surface area contributed by atoms with E-state index in [4.69, 9.17) is 4.74 Å². The molecule has 0 bridgehead atoms. The Morgan fingerprint density at radius 2 is 1.80 bits per heavy atom. The van der Waals surface area contributed by atoms with Gasteiger partial charge >= 0.3 is 5.97 Å². The lowest BCUT2D eigenvalue weighted by molar-refractivity contribution is -0.113. The molecule has 1 amide bonds. The molecule has 0 fully saturated rings. The lowest BCUT2D eigenvalue weighted by atomic mass is 10.1. The molecule has 0 saturated carbocycles. The summed E-state index contributed by atoms with van der Waals surface area (Å²) in [5.74, 6) is -0.647. The lowest BCUT2D eigenvalue weighted by Gasteiger charge is -2.06. The minimum Gasteiger partial charge on any atom is -0.462 e. The molecule has 3 aromatic rings. The number of carbonyl (C=O) groups is 2. The molecular formula is C21H20N4O4S. The first kappa shape index (κ1) is 21.3. The second-order valence-electron chi connectivity index (χ2n) is 6.20. The summed E-state index contributed by atoms with van der Waals surface area (Å²) in [7, 11) is 0. The van der Waals surface area contributed by atoms with Gasteiger partial charge in [0.2, 0.25) is 5.91 Å². The fraction of sp³-hybridized carbons (Fsp3) is 0.190. The molecule has 0 radical (unpaired) electrons. The average molecular weight is 424 g/mol. The Morgan fingerprint density at radius 3 is 2.47 bits per heavy atom. The van der Waals surface area contributed by atoms with E-state index < -0.39 is 5.97 Å². The minimum absolute atomic E-state index is 0.0439. The number of thioether (sulfide) groups is 1. The Bertz CT molecular complexity index is 1070. The molecule has 1 aromatic heterocycles. The highest BCUT2D eigenvalue weighted by molar-refractivity contribution is 7.99. The van der Waals surface area contributed by atoms with Crippen LogP contribution in [0.1, 0.15) is 28.5 Å². The van der Waals surface area contributed by atoms with Crippen molar-refractivity contribution in [1.82, 2.24) is 15.2 Å². The number of amides is 1. The second kappa shape index (κ2) is 10.4. The van der Waals surface area contributed by atoms with E-state index in [0.717, 1.165) is 17.3 Å². The van der Waals surface area contributed by atoms with Crippen LogP contribution in [-0.4, -0.2) is 39.4 Å². The van der Waals surface area contributed by atoms with Gasteiger partial charge < -0.3 is 10.1 Å². The van der Waals surface area contributed by atoms with Crippen molar-refractivity contribution in [2.75, 3.05) is 17.7 Å². The molecule has 0 saturated heterocycles. The first-order chi connectivity index (χ1) is 14.5. The van der Waals surface area contributed by atoms with Crippen molar-refractivity contribution in [3.63, 3.8) is 0 Å². The smallest absolute Gasteiger partial charge is 0.338 e. The van der Waals surface area contributed by atoms with Gasteiger partial charge in [0, 0.05) is 12.1 Å². The van der Waals surface area contributed by atoms with E-state index in [9.17, 15) is 14.4 Å². The van der Waals surface area contributed by atoms with Crippen molar-refractivity contribution in [2.45, 2.75) is 18.5 Å². The third-order valence-electron chi connectivity index (χ3n) is 3.98. The summed E-state index contributed by atoms with van der Waals surface area (Å²) in [5.41, 5.74) is 1.91. The maximum atomic E-state index is 12.2. The Balaban J connectivity index is 1.52. The SMILES string of the molecule is CCOC(=O)c1ccc(NC(=O)CSc2nnc(Cc3ccccc3)c(=O)[nH]2)cc1. The topological polar surface area (TPSA) is 114 Å². The van der Waals surface area contributed by atoms with E-state index >= 15 is 0 Å². The highest BCUT2D eigenvalue weighted by Crippen LogP contribution is 2.14. The Labute approximate surface area is 177 Å². The zero-order valence-corrected chi connectivity index (χ0v) is 17.1. The van der Waals surface area contributed by atoms with Gasteiger partial charge in [0.25, 0.3) is 5.56 Å². The number of H-pyrrole nitrogens is 1. The van der Waals surface area contributed by atoms with Gasteiger partial charge in [-0.05, 0) is 36.8 Å². The van der Waals surface area contributed by atoms with Gasteiger partial charge in [0.1, 0.15) is 5.69 Å². The molecule has 0 unspecified atom stereocenters. The summed E-state index contributed by atoms with van der Waals surface area (Å²) in [6.45, 7) is 2.03. The number of esters is 1. The maximum Gasteiger partial charge on any atom is 0.338 e. The predicted octanol–water partition coefficient (Wildman–Crippen LogP) is 2.66. The van der Waals surface area contributed by atoms with Crippen LogP contribution in [0, 0.1) is 0 Å². The Morgan fingerprint density at radius 1 is 1.07 bits per heavy atom. The van der Waals surface area contributed by atoms with E-state index in [2.05, 4.69) is 20.5 Å². The predicted molar refractivity (Wildman–Crippen MR) is 114 cm³/mol. The number of nitrogens with zero attached hydrogens (tertiary/aromatic N) is 2. The van der Waals surface area contributed by atoms with E-state index in [0.29, 0.717) is 30.0 Å². The molecule has 2 N–H and O–H groups in total.